The van der Waals surface area contributed by atoms with Crippen LogP contribution in [0.1, 0.15) is 0 Å². The van der Waals surface area contributed by atoms with E-state index in [4.69, 9.17) is 18.6 Å². The predicted octanol–water partition coefficient (Wildman–Crippen LogP) is -0.530. The maximum atomic E-state index is 13.4. The van der Waals surface area contributed by atoms with Crippen molar-refractivity contribution in [2.24, 2.45) is 0 Å². The van der Waals surface area contributed by atoms with Gasteiger partial charge < -0.3 is 59.5 Å². The van der Waals surface area contributed by atoms with Gasteiger partial charge in [0.05, 0.1) is 13.7 Å². The average Bonchev–Trinajstić information content (AvgIpc) is 2.81. The van der Waals surface area contributed by atoms with Crippen LogP contribution < -0.4 is 14.9 Å². The lowest BCUT2D eigenvalue weighted by molar-refractivity contribution is -0.277. The molecule has 0 bridgehead atoms. The summed E-state index contributed by atoms with van der Waals surface area (Å²) in [6, 6.07) is 4.10. The second kappa shape index (κ2) is 9.13. The molecule has 5 atom stereocenters. The zero-order valence-electron chi connectivity index (χ0n) is 18.0. The van der Waals surface area contributed by atoms with Crippen LogP contribution in [0.25, 0.3) is 22.3 Å². The number of aliphatic hydroxyl groups excluding tert-OH is 4. The summed E-state index contributed by atoms with van der Waals surface area (Å²) in [5.41, 5.74) is -1.35. The van der Waals surface area contributed by atoms with Gasteiger partial charge in [0.1, 0.15) is 46.9 Å². The first-order chi connectivity index (χ1) is 16.6. The van der Waals surface area contributed by atoms with Gasteiger partial charge in [-0.05, 0) is 12.1 Å². The minimum absolute atomic E-state index is 0.0708. The molecule has 2 unspecified atom stereocenters. The second-order valence-corrected chi connectivity index (χ2v) is 7.79. The Labute approximate surface area is 195 Å². The molecule has 8 N–H and O–H groups in total. The molecule has 4 rings (SSSR count). The number of aromatic hydroxyl groups is 4. The normalized spacial score (nSPS) is 24.4. The Hall–Kier alpha value is -3.75. The molecule has 0 radical (unpaired) electrons. The van der Waals surface area contributed by atoms with E-state index in [1.54, 1.807) is 0 Å². The highest BCUT2D eigenvalue weighted by Crippen LogP contribution is 2.43. The Bertz CT molecular complexity index is 1320. The Kier molecular flexibility index (Phi) is 6.36. The third kappa shape index (κ3) is 4.15. The molecule has 1 aliphatic rings. The van der Waals surface area contributed by atoms with E-state index < -0.39 is 82.6 Å². The van der Waals surface area contributed by atoms with Gasteiger partial charge >= 0.3 is 0 Å². The second-order valence-electron chi connectivity index (χ2n) is 7.79. The largest absolute Gasteiger partial charge is 0.508 e. The lowest BCUT2D eigenvalue weighted by atomic mass is 9.99. The number of aliphatic hydroxyl groups is 4. The zero-order chi connectivity index (χ0) is 25.6. The molecule has 3 aromatic rings. The Morgan fingerprint density at radius 3 is 2.31 bits per heavy atom. The highest BCUT2D eigenvalue weighted by molar-refractivity contribution is 5.88. The average molecular weight is 494 g/mol. The van der Waals surface area contributed by atoms with Crippen LogP contribution in [0, 0.1) is 0 Å². The molecule has 0 amide bonds. The molecular formula is C22H22O13. The molecule has 35 heavy (non-hydrogen) atoms. The maximum Gasteiger partial charge on any atom is 0.239 e. The summed E-state index contributed by atoms with van der Waals surface area (Å²) in [5.74, 6) is -3.64. The number of ether oxygens (including phenoxy) is 3. The highest BCUT2D eigenvalue weighted by Gasteiger charge is 2.45. The van der Waals surface area contributed by atoms with Crippen molar-refractivity contribution < 1.29 is 59.5 Å². The number of phenols is 4. The summed E-state index contributed by atoms with van der Waals surface area (Å²) in [6.45, 7) is -0.757. The third-order valence-electron chi connectivity index (χ3n) is 5.54. The van der Waals surface area contributed by atoms with Crippen molar-refractivity contribution in [2.45, 2.75) is 30.7 Å². The molecule has 1 fully saturated rings. The molecule has 13 heteroatoms. The summed E-state index contributed by atoms with van der Waals surface area (Å²) < 4.78 is 21.6. The Morgan fingerprint density at radius 2 is 1.66 bits per heavy atom. The molecule has 0 saturated carbocycles. The topological polar surface area (TPSA) is 220 Å². The number of rotatable bonds is 5. The van der Waals surface area contributed by atoms with Crippen molar-refractivity contribution in [3.63, 3.8) is 0 Å². The van der Waals surface area contributed by atoms with E-state index in [1.165, 1.54) is 13.2 Å². The molecule has 188 valence electrons. The van der Waals surface area contributed by atoms with Crippen LogP contribution in [0.5, 0.6) is 34.5 Å². The summed E-state index contributed by atoms with van der Waals surface area (Å²) in [5, 5.41) is 79.5. The minimum atomic E-state index is -1.88. The summed E-state index contributed by atoms with van der Waals surface area (Å²) >= 11 is 0. The fraction of sp³-hybridized carbons (Fsp3) is 0.318. The fourth-order valence-corrected chi connectivity index (χ4v) is 3.73. The molecular weight excluding hydrogens is 472 g/mol. The van der Waals surface area contributed by atoms with Gasteiger partial charge in [-0.3, -0.25) is 4.79 Å². The van der Waals surface area contributed by atoms with Crippen molar-refractivity contribution >= 4 is 11.0 Å². The van der Waals surface area contributed by atoms with Gasteiger partial charge in [-0.2, -0.15) is 0 Å². The first-order valence-electron chi connectivity index (χ1n) is 10.2. The van der Waals surface area contributed by atoms with E-state index >= 15 is 0 Å². The predicted molar refractivity (Wildman–Crippen MR) is 116 cm³/mol. The number of hydrogen-bond acceptors (Lipinski definition) is 13. The number of methoxy groups -OCH3 is 1. The van der Waals surface area contributed by atoms with Gasteiger partial charge in [-0.1, -0.05) is 0 Å². The fourth-order valence-electron chi connectivity index (χ4n) is 3.73. The van der Waals surface area contributed by atoms with Gasteiger partial charge in [0.15, 0.2) is 17.3 Å². The van der Waals surface area contributed by atoms with Gasteiger partial charge in [-0.15, -0.1) is 0 Å². The quantitative estimate of drug-likeness (QED) is 0.209. The molecule has 0 aliphatic carbocycles. The van der Waals surface area contributed by atoms with Crippen molar-refractivity contribution in [2.75, 3.05) is 13.7 Å². The number of benzene rings is 2. The molecule has 2 aromatic carbocycles. The standard InChI is InChI=1S/C22H22O13/c1-32-12-3-7(2-10(26)15(12)27)20-21(17(29)14-9(25)4-8(24)5-11(14)33-20)35-22-19(31)18(30)16(28)13(6-23)34-22/h2-5,13,16,18-19,22-28,30-31H,6H2,1H3/t13-,16-,18?,19?,22-/m1/s1. The third-order valence-corrected chi connectivity index (χ3v) is 5.54. The van der Waals surface area contributed by atoms with E-state index in [0.29, 0.717) is 0 Å². The van der Waals surface area contributed by atoms with Crippen LogP contribution in [-0.4, -0.2) is 85.3 Å². The summed E-state index contributed by atoms with van der Waals surface area (Å²) in [7, 11) is 1.20. The Balaban J connectivity index is 1.94. The molecule has 0 spiro atoms. The molecule has 1 saturated heterocycles. The maximum absolute atomic E-state index is 13.4. The van der Waals surface area contributed by atoms with Gasteiger partial charge in [0, 0.05) is 17.7 Å². The van der Waals surface area contributed by atoms with E-state index in [1.807, 2.05) is 0 Å². The first kappa shape index (κ1) is 24.4. The van der Waals surface area contributed by atoms with Gasteiger partial charge in [-0.25, -0.2) is 0 Å². The van der Waals surface area contributed by atoms with Crippen LogP contribution in [0.3, 0.4) is 0 Å². The Morgan fingerprint density at radius 1 is 0.943 bits per heavy atom. The van der Waals surface area contributed by atoms with Crippen LogP contribution in [0.2, 0.25) is 0 Å². The van der Waals surface area contributed by atoms with Gasteiger partial charge in [0.25, 0.3) is 0 Å². The molecule has 13 nitrogen and oxygen atoms in total. The SMILES string of the molecule is COc1cc(-c2oc3cc(O)cc(O)c3c(=O)c2O[C@H]2O[C@H](CO)[C@@H](O)C(O)C2O)cc(O)c1O. The zero-order valence-corrected chi connectivity index (χ0v) is 18.0. The number of phenolic OH excluding ortho intramolecular Hbond substituents is 4. The monoisotopic (exact) mass is 494 g/mol. The van der Waals surface area contributed by atoms with Crippen molar-refractivity contribution in [3.05, 3.63) is 34.5 Å². The smallest absolute Gasteiger partial charge is 0.239 e. The van der Waals surface area contributed by atoms with E-state index in [-0.39, 0.29) is 16.9 Å². The van der Waals surface area contributed by atoms with Gasteiger partial charge in [0.2, 0.25) is 23.2 Å². The van der Waals surface area contributed by atoms with Crippen LogP contribution in [0.4, 0.5) is 0 Å². The van der Waals surface area contributed by atoms with Crippen LogP contribution >= 0.6 is 0 Å². The van der Waals surface area contributed by atoms with Crippen LogP contribution in [0.15, 0.2) is 33.5 Å². The van der Waals surface area contributed by atoms with E-state index in [2.05, 4.69) is 0 Å². The van der Waals surface area contributed by atoms with E-state index in [9.17, 15) is 45.6 Å². The lowest BCUT2D eigenvalue weighted by Crippen LogP contribution is -2.60. The van der Waals surface area contributed by atoms with Crippen molar-refractivity contribution in [1.29, 1.82) is 0 Å². The lowest BCUT2D eigenvalue weighted by Gasteiger charge is -2.39. The highest BCUT2D eigenvalue weighted by atomic mass is 16.7. The van der Waals surface area contributed by atoms with Crippen LogP contribution in [-0.2, 0) is 4.74 Å². The molecule has 1 aliphatic heterocycles. The molecule has 1 aromatic heterocycles. The molecule has 2 heterocycles. The first-order valence-corrected chi connectivity index (χ1v) is 10.2. The number of hydrogen-bond donors (Lipinski definition) is 8. The van der Waals surface area contributed by atoms with Crippen molar-refractivity contribution in [1.82, 2.24) is 0 Å². The minimum Gasteiger partial charge on any atom is -0.508 e. The number of fused-ring (bicyclic) bond motifs is 1. The van der Waals surface area contributed by atoms with E-state index in [0.717, 1.165) is 18.2 Å². The summed E-state index contributed by atoms with van der Waals surface area (Å²) in [6.07, 6.45) is -8.53. The summed E-state index contributed by atoms with van der Waals surface area (Å²) in [4.78, 5) is 13.4. The van der Waals surface area contributed by atoms with Crippen molar-refractivity contribution in [3.8, 4) is 45.8 Å².